The molecule has 0 aromatic heterocycles. The first-order chi connectivity index (χ1) is 20.5. The van der Waals surface area contributed by atoms with Crippen LogP contribution in [-0.4, -0.2) is 47.2 Å². The lowest BCUT2D eigenvalue weighted by molar-refractivity contribution is -0.139. The van der Waals surface area contributed by atoms with Crippen molar-refractivity contribution in [1.82, 2.24) is 10.2 Å². The number of carbonyl (C=O) groups excluding carboxylic acids is 2. The molecule has 4 aromatic rings. The summed E-state index contributed by atoms with van der Waals surface area (Å²) in [5.41, 5.74) is 6.38. The largest absolute Gasteiger partial charge is 0.481 e. The molecule has 0 saturated carbocycles. The predicted octanol–water partition coefficient (Wildman–Crippen LogP) is 6.03. The standard InChI is InChI=1S/C35H34N2O5/c38-33(39)21-22-37(23-26-13-5-2-6-14-26)34(40)32(20-19-25-11-3-1-4-12-25)36-35(41)42-24-31-29-17-9-7-15-27(29)28-16-8-10-18-30(28)31/h1-18,31-32H,19-24H2,(H,36,41)(H,38,39). The van der Waals surface area contributed by atoms with Crippen molar-refractivity contribution in [2.24, 2.45) is 0 Å². The average molecular weight is 563 g/mol. The van der Waals surface area contributed by atoms with Crippen LogP contribution < -0.4 is 5.32 Å². The summed E-state index contributed by atoms with van der Waals surface area (Å²) in [6, 6.07) is 34.5. The fraction of sp³-hybridized carbons (Fsp3) is 0.229. The normalized spacial score (nSPS) is 12.6. The third-order valence-electron chi connectivity index (χ3n) is 7.62. The van der Waals surface area contributed by atoms with Crippen LogP contribution >= 0.6 is 0 Å². The SMILES string of the molecule is O=C(O)CCN(Cc1ccccc1)C(=O)C(CCc1ccccc1)NC(=O)OCC1c2ccccc2-c2ccccc21. The molecule has 214 valence electrons. The van der Waals surface area contributed by atoms with E-state index in [2.05, 4.69) is 29.6 Å². The number of aliphatic carboxylic acids is 1. The molecule has 1 unspecified atom stereocenters. The molecule has 0 spiro atoms. The van der Waals surface area contributed by atoms with Crippen molar-refractivity contribution in [3.05, 3.63) is 131 Å². The van der Waals surface area contributed by atoms with E-state index in [9.17, 15) is 19.5 Å². The number of carboxylic acids is 1. The Morgan fingerprint density at radius 3 is 1.90 bits per heavy atom. The van der Waals surface area contributed by atoms with E-state index in [4.69, 9.17) is 4.74 Å². The molecular weight excluding hydrogens is 528 g/mol. The number of hydrogen-bond acceptors (Lipinski definition) is 4. The summed E-state index contributed by atoms with van der Waals surface area (Å²) < 4.78 is 5.75. The summed E-state index contributed by atoms with van der Waals surface area (Å²) in [5, 5.41) is 12.1. The van der Waals surface area contributed by atoms with Crippen LogP contribution in [0.1, 0.15) is 41.0 Å². The van der Waals surface area contributed by atoms with Gasteiger partial charge in [-0.1, -0.05) is 109 Å². The molecule has 1 atom stereocenters. The molecule has 0 bridgehead atoms. The van der Waals surface area contributed by atoms with E-state index in [0.29, 0.717) is 12.8 Å². The summed E-state index contributed by atoms with van der Waals surface area (Å²) in [4.78, 5) is 40.0. The molecule has 4 aromatic carbocycles. The lowest BCUT2D eigenvalue weighted by atomic mass is 9.98. The van der Waals surface area contributed by atoms with Crippen molar-refractivity contribution < 1.29 is 24.2 Å². The van der Waals surface area contributed by atoms with Crippen LogP contribution in [0.2, 0.25) is 0 Å². The number of benzene rings is 4. The van der Waals surface area contributed by atoms with Crippen LogP contribution in [0.5, 0.6) is 0 Å². The van der Waals surface area contributed by atoms with E-state index in [-0.39, 0.29) is 37.9 Å². The van der Waals surface area contributed by atoms with Crippen molar-refractivity contribution in [2.45, 2.75) is 37.8 Å². The molecular formula is C35H34N2O5. The van der Waals surface area contributed by atoms with E-state index in [1.54, 1.807) is 0 Å². The highest BCUT2D eigenvalue weighted by molar-refractivity contribution is 5.86. The average Bonchev–Trinajstić information content (AvgIpc) is 3.34. The van der Waals surface area contributed by atoms with Crippen LogP contribution in [0.3, 0.4) is 0 Å². The van der Waals surface area contributed by atoms with Gasteiger partial charge in [0.05, 0.1) is 6.42 Å². The summed E-state index contributed by atoms with van der Waals surface area (Å²) in [7, 11) is 0. The van der Waals surface area contributed by atoms with E-state index in [1.807, 2.05) is 84.9 Å². The maximum absolute atomic E-state index is 13.9. The van der Waals surface area contributed by atoms with Gasteiger partial charge in [0.2, 0.25) is 5.91 Å². The minimum Gasteiger partial charge on any atom is -0.481 e. The van der Waals surface area contributed by atoms with Crippen molar-refractivity contribution >= 4 is 18.0 Å². The lowest BCUT2D eigenvalue weighted by Crippen LogP contribution is -2.49. The first-order valence-electron chi connectivity index (χ1n) is 14.2. The fourth-order valence-corrected chi connectivity index (χ4v) is 5.52. The molecule has 2 N–H and O–H groups in total. The Balaban J connectivity index is 1.31. The van der Waals surface area contributed by atoms with Crippen LogP contribution in [0.15, 0.2) is 109 Å². The quantitative estimate of drug-likeness (QED) is 0.220. The number of rotatable bonds is 12. The van der Waals surface area contributed by atoms with Gasteiger partial charge < -0.3 is 20.1 Å². The maximum atomic E-state index is 13.9. The third-order valence-corrected chi connectivity index (χ3v) is 7.62. The molecule has 0 fully saturated rings. The van der Waals surface area contributed by atoms with Crippen LogP contribution in [0, 0.1) is 0 Å². The number of carboxylic acid groups (broad SMARTS) is 1. The van der Waals surface area contributed by atoms with Crippen molar-refractivity contribution in [3.8, 4) is 11.1 Å². The number of nitrogens with one attached hydrogen (secondary N) is 1. The van der Waals surface area contributed by atoms with Crippen LogP contribution in [0.4, 0.5) is 4.79 Å². The Bertz CT molecular complexity index is 1480. The highest BCUT2D eigenvalue weighted by Gasteiger charge is 2.31. The zero-order valence-electron chi connectivity index (χ0n) is 23.3. The number of aryl methyl sites for hydroxylation is 1. The van der Waals surface area contributed by atoms with Crippen molar-refractivity contribution in [1.29, 1.82) is 0 Å². The second-order valence-corrected chi connectivity index (χ2v) is 10.4. The van der Waals surface area contributed by atoms with Crippen LogP contribution in [0.25, 0.3) is 11.1 Å². The Hall–Kier alpha value is -4.91. The zero-order chi connectivity index (χ0) is 29.3. The Kier molecular flexibility index (Phi) is 9.29. The fourth-order valence-electron chi connectivity index (χ4n) is 5.52. The van der Waals surface area contributed by atoms with Gasteiger partial charge in [0.1, 0.15) is 12.6 Å². The van der Waals surface area contributed by atoms with Crippen molar-refractivity contribution in [2.75, 3.05) is 13.2 Å². The molecule has 0 heterocycles. The molecule has 42 heavy (non-hydrogen) atoms. The second kappa shape index (κ2) is 13.6. The molecule has 0 saturated heterocycles. The molecule has 7 nitrogen and oxygen atoms in total. The smallest absolute Gasteiger partial charge is 0.407 e. The Morgan fingerprint density at radius 1 is 0.762 bits per heavy atom. The second-order valence-electron chi connectivity index (χ2n) is 10.4. The molecule has 5 rings (SSSR count). The van der Waals surface area contributed by atoms with Gasteiger partial charge >= 0.3 is 12.1 Å². The van der Waals surface area contributed by atoms with Gasteiger partial charge in [-0.3, -0.25) is 9.59 Å². The number of carbonyl (C=O) groups is 3. The van der Waals surface area contributed by atoms with Gasteiger partial charge in [0.25, 0.3) is 0 Å². The highest BCUT2D eigenvalue weighted by Crippen LogP contribution is 2.44. The van der Waals surface area contributed by atoms with Gasteiger partial charge in [0.15, 0.2) is 0 Å². The van der Waals surface area contributed by atoms with E-state index in [1.165, 1.54) is 4.90 Å². The van der Waals surface area contributed by atoms with E-state index in [0.717, 1.165) is 33.4 Å². The number of ether oxygens (including phenoxy) is 1. The topological polar surface area (TPSA) is 95.9 Å². The van der Waals surface area contributed by atoms with Crippen LogP contribution in [-0.2, 0) is 27.3 Å². The first kappa shape index (κ1) is 28.6. The molecule has 2 amide bonds. The molecule has 7 heteroatoms. The number of fused-ring (bicyclic) bond motifs is 3. The zero-order valence-corrected chi connectivity index (χ0v) is 23.3. The number of amides is 2. The third kappa shape index (κ3) is 7.04. The summed E-state index contributed by atoms with van der Waals surface area (Å²) in [6.45, 7) is 0.393. The van der Waals surface area contributed by atoms with E-state index >= 15 is 0 Å². The molecule has 1 aliphatic carbocycles. The Morgan fingerprint density at radius 2 is 1.31 bits per heavy atom. The summed E-state index contributed by atoms with van der Waals surface area (Å²) in [5.74, 6) is -1.44. The lowest BCUT2D eigenvalue weighted by Gasteiger charge is -2.28. The van der Waals surface area contributed by atoms with Gasteiger partial charge in [-0.25, -0.2) is 4.79 Å². The highest BCUT2D eigenvalue weighted by atomic mass is 16.5. The molecule has 1 aliphatic rings. The Labute approximate surface area is 245 Å². The minimum absolute atomic E-state index is 0.0251. The van der Waals surface area contributed by atoms with Gasteiger partial charge in [-0.15, -0.1) is 0 Å². The molecule has 0 radical (unpaired) electrons. The van der Waals surface area contributed by atoms with Gasteiger partial charge in [-0.05, 0) is 46.2 Å². The summed E-state index contributed by atoms with van der Waals surface area (Å²) in [6.07, 6.45) is 0.0143. The monoisotopic (exact) mass is 562 g/mol. The molecule has 0 aliphatic heterocycles. The minimum atomic E-state index is -0.994. The summed E-state index contributed by atoms with van der Waals surface area (Å²) >= 11 is 0. The van der Waals surface area contributed by atoms with Gasteiger partial charge in [-0.2, -0.15) is 0 Å². The van der Waals surface area contributed by atoms with E-state index < -0.39 is 18.1 Å². The number of nitrogens with zero attached hydrogens (tertiary/aromatic N) is 1. The predicted molar refractivity (Wildman–Crippen MR) is 161 cm³/mol. The van der Waals surface area contributed by atoms with Crippen molar-refractivity contribution in [3.63, 3.8) is 0 Å². The number of alkyl carbamates (subject to hydrolysis) is 1. The van der Waals surface area contributed by atoms with Gasteiger partial charge in [0, 0.05) is 19.0 Å². The maximum Gasteiger partial charge on any atom is 0.407 e. The first-order valence-corrected chi connectivity index (χ1v) is 14.2. The number of hydrogen-bond donors (Lipinski definition) is 2.